The fraction of sp³-hybridized carbons (Fsp3) is 0.192. The Labute approximate surface area is 196 Å². The molecule has 1 atom stereocenters. The van der Waals surface area contributed by atoms with E-state index < -0.39 is 24.0 Å². The van der Waals surface area contributed by atoms with Crippen LogP contribution in [0.15, 0.2) is 72.8 Å². The van der Waals surface area contributed by atoms with Crippen LogP contribution in [0.4, 0.5) is 10.5 Å². The maximum Gasteiger partial charge on any atom is 0.411 e. The minimum absolute atomic E-state index is 0.0506. The number of benzene rings is 3. The number of aliphatic hydroxyl groups is 1. The summed E-state index contributed by atoms with van der Waals surface area (Å²) >= 11 is 0. The topological polar surface area (TPSA) is 125 Å². The number of anilines is 1. The van der Waals surface area contributed by atoms with Crippen molar-refractivity contribution in [3.63, 3.8) is 0 Å². The average Bonchev–Trinajstić information content (AvgIpc) is 3.16. The molecule has 2 amide bonds. The lowest BCUT2D eigenvalue weighted by Gasteiger charge is -2.15. The first-order chi connectivity index (χ1) is 16.5. The van der Waals surface area contributed by atoms with Crippen molar-refractivity contribution < 1.29 is 29.3 Å². The van der Waals surface area contributed by atoms with Crippen molar-refractivity contribution in [1.29, 1.82) is 0 Å². The molecule has 0 aromatic heterocycles. The maximum absolute atomic E-state index is 12.4. The highest BCUT2D eigenvalue weighted by Gasteiger charge is 2.29. The van der Waals surface area contributed by atoms with E-state index in [0.717, 1.165) is 22.3 Å². The number of ether oxygens (including phenoxy) is 1. The summed E-state index contributed by atoms with van der Waals surface area (Å²) in [7, 11) is 0. The standard InChI is InChI=1S/C26H24N2O6/c29-14-13-23(25(31)32)28-24(30)16-9-11-17(12-10-16)27-26(33)34-15-22-20-7-3-1-5-18(20)19-6-2-4-8-21(19)22/h1-12,22-23,29H,13-15H2,(H,27,33)(H,28,30)(H,31,32). The largest absolute Gasteiger partial charge is 0.480 e. The van der Waals surface area contributed by atoms with Crippen LogP contribution < -0.4 is 10.6 Å². The molecule has 1 aliphatic carbocycles. The lowest BCUT2D eigenvalue weighted by molar-refractivity contribution is -0.139. The lowest BCUT2D eigenvalue weighted by Crippen LogP contribution is -2.41. The zero-order valence-corrected chi connectivity index (χ0v) is 18.2. The fourth-order valence-electron chi connectivity index (χ4n) is 4.09. The average molecular weight is 460 g/mol. The quantitative estimate of drug-likeness (QED) is 0.407. The van der Waals surface area contributed by atoms with Crippen molar-refractivity contribution in [2.24, 2.45) is 0 Å². The number of carboxylic acids is 1. The van der Waals surface area contributed by atoms with Gasteiger partial charge in [0.2, 0.25) is 0 Å². The van der Waals surface area contributed by atoms with Crippen molar-refractivity contribution in [3.8, 4) is 11.1 Å². The molecule has 4 rings (SSSR count). The van der Waals surface area contributed by atoms with E-state index in [1.165, 1.54) is 24.3 Å². The molecule has 8 heteroatoms. The molecule has 34 heavy (non-hydrogen) atoms. The second-order valence-corrected chi connectivity index (χ2v) is 7.90. The molecule has 0 saturated carbocycles. The van der Waals surface area contributed by atoms with Gasteiger partial charge in [-0.3, -0.25) is 10.1 Å². The predicted molar refractivity (Wildman–Crippen MR) is 126 cm³/mol. The number of carbonyl (C=O) groups is 3. The van der Waals surface area contributed by atoms with Crippen LogP contribution >= 0.6 is 0 Å². The monoisotopic (exact) mass is 460 g/mol. The van der Waals surface area contributed by atoms with Crippen molar-refractivity contribution in [1.82, 2.24) is 5.32 Å². The lowest BCUT2D eigenvalue weighted by atomic mass is 9.98. The highest BCUT2D eigenvalue weighted by Crippen LogP contribution is 2.44. The van der Waals surface area contributed by atoms with Crippen molar-refractivity contribution in [3.05, 3.63) is 89.5 Å². The van der Waals surface area contributed by atoms with E-state index in [2.05, 4.69) is 22.8 Å². The fourth-order valence-corrected chi connectivity index (χ4v) is 4.09. The predicted octanol–water partition coefficient (Wildman–Crippen LogP) is 3.61. The Morgan fingerprint density at radius 3 is 2.03 bits per heavy atom. The van der Waals surface area contributed by atoms with Crippen molar-refractivity contribution in [2.75, 3.05) is 18.5 Å². The molecule has 0 aliphatic heterocycles. The molecule has 1 aliphatic rings. The third-order valence-electron chi connectivity index (χ3n) is 5.76. The van der Waals surface area contributed by atoms with Gasteiger partial charge in [0.1, 0.15) is 12.6 Å². The number of hydrogen-bond acceptors (Lipinski definition) is 5. The minimum Gasteiger partial charge on any atom is -0.480 e. The van der Waals surface area contributed by atoms with Gasteiger partial charge >= 0.3 is 12.1 Å². The Hall–Kier alpha value is -4.17. The Morgan fingerprint density at radius 1 is 0.882 bits per heavy atom. The second-order valence-electron chi connectivity index (χ2n) is 7.90. The van der Waals surface area contributed by atoms with Crippen molar-refractivity contribution >= 4 is 23.7 Å². The van der Waals surface area contributed by atoms with Crippen LogP contribution in [0.25, 0.3) is 11.1 Å². The van der Waals surface area contributed by atoms with Gasteiger partial charge in [-0.25, -0.2) is 9.59 Å². The van der Waals surface area contributed by atoms with Crippen LogP contribution in [0.2, 0.25) is 0 Å². The summed E-state index contributed by atoms with van der Waals surface area (Å²) < 4.78 is 5.51. The van der Waals surface area contributed by atoms with Crippen LogP contribution in [0.3, 0.4) is 0 Å². The van der Waals surface area contributed by atoms with Gasteiger partial charge in [0.25, 0.3) is 5.91 Å². The summed E-state index contributed by atoms with van der Waals surface area (Å²) in [6.07, 6.45) is -0.712. The number of rotatable bonds is 8. The van der Waals surface area contributed by atoms with E-state index in [0.29, 0.717) is 5.69 Å². The van der Waals surface area contributed by atoms with Crippen LogP contribution in [0.5, 0.6) is 0 Å². The number of carbonyl (C=O) groups excluding carboxylic acids is 2. The molecule has 8 nitrogen and oxygen atoms in total. The molecule has 0 bridgehead atoms. The molecule has 0 heterocycles. The summed E-state index contributed by atoms with van der Waals surface area (Å²) in [6, 6.07) is 20.9. The number of fused-ring (bicyclic) bond motifs is 3. The number of aliphatic carboxylic acids is 1. The van der Waals surface area contributed by atoms with Gasteiger partial charge in [-0.1, -0.05) is 48.5 Å². The third kappa shape index (κ3) is 4.92. The molecule has 0 radical (unpaired) electrons. The summed E-state index contributed by atoms with van der Waals surface area (Å²) in [4.78, 5) is 35.8. The molecular weight excluding hydrogens is 436 g/mol. The summed E-state index contributed by atoms with van der Waals surface area (Å²) in [5.74, 6) is -1.87. The summed E-state index contributed by atoms with van der Waals surface area (Å²) in [5, 5.41) is 23.0. The molecular formula is C26H24N2O6. The number of hydrogen-bond donors (Lipinski definition) is 4. The molecule has 4 N–H and O–H groups in total. The Balaban J connectivity index is 1.35. The maximum atomic E-state index is 12.4. The normalized spacial score (nSPS) is 12.9. The highest BCUT2D eigenvalue weighted by molar-refractivity contribution is 5.97. The SMILES string of the molecule is O=C(Nc1ccc(C(=O)NC(CCO)C(=O)O)cc1)OCC1c2ccccc2-c2ccccc21. The zero-order valence-electron chi connectivity index (χ0n) is 18.2. The van der Waals surface area contributed by atoms with E-state index in [4.69, 9.17) is 14.9 Å². The highest BCUT2D eigenvalue weighted by atomic mass is 16.5. The molecule has 0 spiro atoms. The molecule has 174 valence electrons. The molecule has 3 aromatic carbocycles. The van der Waals surface area contributed by atoms with Gasteiger partial charge in [-0.05, 0) is 46.5 Å². The van der Waals surface area contributed by atoms with Gasteiger partial charge in [0, 0.05) is 30.2 Å². The van der Waals surface area contributed by atoms with E-state index >= 15 is 0 Å². The molecule has 0 saturated heterocycles. The zero-order chi connectivity index (χ0) is 24.1. The smallest absolute Gasteiger partial charge is 0.411 e. The van der Waals surface area contributed by atoms with Gasteiger partial charge in [0.05, 0.1) is 0 Å². The van der Waals surface area contributed by atoms with Crippen molar-refractivity contribution in [2.45, 2.75) is 18.4 Å². The number of amides is 2. The second kappa shape index (κ2) is 10.2. The first-order valence-electron chi connectivity index (χ1n) is 10.8. The molecule has 0 fully saturated rings. The van der Waals surface area contributed by atoms with E-state index in [-0.39, 0.29) is 31.1 Å². The molecule has 3 aromatic rings. The van der Waals surface area contributed by atoms with Crippen LogP contribution in [-0.2, 0) is 9.53 Å². The Morgan fingerprint density at radius 2 is 1.47 bits per heavy atom. The van der Waals surface area contributed by atoms with Gasteiger partial charge in [-0.2, -0.15) is 0 Å². The molecule has 1 unspecified atom stereocenters. The van der Waals surface area contributed by atoms with Gasteiger partial charge in [0.15, 0.2) is 0 Å². The van der Waals surface area contributed by atoms with Crippen LogP contribution in [0, 0.1) is 0 Å². The number of carboxylic acid groups (broad SMARTS) is 1. The summed E-state index contributed by atoms with van der Waals surface area (Å²) in [5.41, 5.74) is 5.18. The van der Waals surface area contributed by atoms with E-state index in [1.807, 2.05) is 36.4 Å². The first-order valence-corrected chi connectivity index (χ1v) is 10.8. The third-order valence-corrected chi connectivity index (χ3v) is 5.76. The van der Waals surface area contributed by atoms with Gasteiger partial charge < -0.3 is 20.3 Å². The van der Waals surface area contributed by atoms with Crippen LogP contribution in [-0.4, -0.2) is 47.4 Å². The Kier molecular flexibility index (Phi) is 6.89. The van der Waals surface area contributed by atoms with E-state index in [9.17, 15) is 14.4 Å². The van der Waals surface area contributed by atoms with Crippen LogP contribution in [0.1, 0.15) is 33.8 Å². The van der Waals surface area contributed by atoms with E-state index in [1.54, 1.807) is 0 Å². The van der Waals surface area contributed by atoms with Gasteiger partial charge in [-0.15, -0.1) is 0 Å². The minimum atomic E-state index is -1.23. The Bertz CT molecular complexity index is 1160. The first kappa shape index (κ1) is 23.0. The number of aliphatic hydroxyl groups excluding tert-OH is 1. The number of nitrogens with one attached hydrogen (secondary N) is 2. The summed E-state index contributed by atoms with van der Waals surface area (Å²) in [6.45, 7) is -0.179.